The summed E-state index contributed by atoms with van der Waals surface area (Å²) in [4.78, 5) is 21.9. The summed E-state index contributed by atoms with van der Waals surface area (Å²) in [6.45, 7) is 6.46. The van der Waals surface area contributed by atoms with Crippen LogP contribution in [0.4, 0.5) is 5.69 Å². The van der Waals surface area contributed by atoms with E-state index in [1.165, 1.54) is 18.8 Å². The molecule has 24 heavy (non-hydrogen) atoms. The average Bonchev–Trinajstić information content (AvgIpc) is 2.85. The normalized spacial score (nSPS) is 33.9. The molecule has 0 N–H and O–H groups in total. The first kappa shape index (κ1) is 16.4. The van der Waals surface area contributed by atoms with Gasteiger partial charge in [-0.15, -0.1) is 0 Å². The highest BCUT2D eigenvalue weighted by Crippen LogP contribution is 2.79. The van der Waals surface area contributed by atoms with Gasteiger partial charge >= 0.3 is 5.97 Å². The molecule has 0 heterocycles. The minimum atomic E-state index is -0.383. The zero-order chi connectivity index (χ0) is 17.7. The number of ether oxygens (including phenoxy) is 1. The number of methoxy groups -OCH3 is 1. The molecule has 4 atom stereocenters. The maximum atomic E-state index is 11.4. The monoisotopic (exact) mass is 327 g/mol. The van der Waals surface area contributed by atoms with Crippen molar-refractivity contribution in [2.75, 3.05) is 7.11 Å². The minimum Gasteiger partial charge on any atom is -0.466 e. The maximum Gasteiger partial charge on any atom is 0.330 e. The molecule has 1 aromatic rings. The van der Waals surface area contributed by atoms with Crippen LogP contribution in [-0.2, 0) is 9.53 Å². The summed E-state index contributed by atoms with van der Waals surface area (Å²) in [6.07, 6.45) is 5.73. The predicted molar refractivity (Wildman–Crippen MR) is 90.5 cm³/mol. The van der Waals surface area contributed by atoms with E-state index in [9.17, 15) is 14.9 Å². The lowest BCUT2D eigenvalue weighted by molar-refractivity contribution is -0.384. The lowest BCUT2D eigenvalue weighted by Gasteiger charge is -2.20. The van der Waals surface area contributed by atoms with Gasteiger partial charge in [0.25, 0.3) is 5.69 Å². The Hall–Kier alpha value is -2.43. The number of hydrogen-bond donors (Lipinski definition) is 0. The van der Waals surface area contributed by atoms with Crippen molar-refractivity contribution in [3.8, 4) is 0 Å². The molecular formula is C19H21NO4. The number of non-ortho nitro benzene ring substituents is 1. The molecule has 1 saturated carbocycles. The largest absolute Gasteiger partial charge is 0.466 e. The Kier molecular flexibility index (Phi) is 3.62. The smallest absolute Gasteiger partial charge is 0.330 e. The Labute approximate surface area is 141 Å². The minimum absolute atomic E-state index is 0.00591. The molecule has 3 rings (SSSR count). The van der Waals surface area contributed by atoms with Gasteiger partial charge in [0, 0.05) is 24.1 Å². The number of nitro benzene ring substituents is 1. The van der Waals surface area contributed by atoms with Crippen LogP contribution in [0.5, 0.6) is 0 Å². The zero-order valence-electron chi connectivity index (χ0n) is 14.3. The van der Waals surface area contributed by atoms with Crippen molar-refractivity contribution in [1.29, 1.82) is 0 Å². The molecule has 0 spiro atoms. The number of carbonyl (C=O) groups is 1. The van der Waals surface area contributed by atoms with E-state index in [2.05, 4.69) is 26.8 Å². The second-order valence-electron chi connectivity index (χ2n) is 7.11. The van der Waals surface area contributed by atoms with Crippen molar-refractivity contribution in [3.63, 3.8) is 0 Å². The third-order valence-electron chi connectivity index (χ3n) is 5.95. The van der Waals surface area contributed by atoms with E-state index in [1.54, 1.807) is 12.1 Å². The van der Waals surface area contributed by atoms with Crippen LogP contribution in [0.15, 0.2) is 48.1 Å². The van der Waals surface area contributed by atoms with Crippen molar-refractivity contribution in [1.82, 2.24) is 0 Å². The van der Waals surface area contributed by atoms with E-state index in [0.717, 1.165) is 5.56 Å². The Morgan fingerprint density at radius 1 is 1.29 bits per heavy atom. The molecule has 1 fully saturated rings. The fourth-order valence-electron chi connectivity index (χ4n) is 4.51. The lowest BCUT2D eigenvalue weighted by Crippen LogP contribution is -2.10. The molecular weight excluding hydrogens is 306 g/mol. The number of nitrogens with zero attached hydrogens (tertiary/aromatic N) is 1. The summed E-state index contributed by atoms with van der Waals surface area (Å²) in [5.74, 6) is 0.202. The third-order valence-corrected chi connectivity index (χ3v) is 5.95. The van der Waals surface area contributed by atoms with Crippen LogP contribution in [0.1, 0.15) is 32.3 Å². The van der Waals surface area contributed by atoms with Crippen molar-refractivity contribution in [2.45, 2.75) is 26.7 Å². The summed E-state index contributed by atoms with van der Waals surface area (Å²) >= 11 is 0. The standard InChI is InChI=1S/C19H21NO4/c1-12-11-19(3)17(18(19,2)10-9-15(21)24-4)16(12)13-5-7-14(8-6-13)20(22)23/h5-11,16-17H,1-4H3/b10-9+/t16-,17?,18+,19+/m1/s1. The fourth-order valence-corrected chi connectivity index (χ4v) is 4.51. The fraction of sp³-hybridized carbons (Fsp3) is 0.421. The third kappa shape index (κ3) is 2.19. The second-order valence-corrected chi connectivity index (χ2v) is 7.11. The van der Waals surface area contributed by atoms with E-state index in [0.29, 0.717) is 5.92 Å². The summed E-state index contributed by atoms with van der Waals surface area (Å²) in [7, 11) is 1.37. The Morgan fingerprint density at radius 2 is 1.92 bits per heavy atom. The summed E-state index contributed by atoms with van der Waals surface area (Å²) in [5, 5.41) is 10.8. The molecule has 2 aliphatic carbocycles. The number of allylic oxidation sites excluding steroid dienone is 3. The van der Waals surface area contributed by atoms with E-state index < -0.39 is 0 Å². The van der Waals surface area contributed by atoms with Gasteiger partial charge in [0.2, 0.25) is 0 Å². The number of benzene rings is 1. The molecule has 0 aromatic heterocycles. The Balaban J connectivity index is 1.91. The number of nitro groups is 1. The molecule has 5 heteroatoms. The highest BCUT2D eigenvalue weighted by Gasteiger charge is 2.73. The second kappa shape index (κ2) is 5.30. The van der Waals surface area contributed by atoms with Crippen LogP contribution in [0.25, 0.3) is 0 Å². The van der Waals surface area contributed by atoms with Gasteiger partial charge in [-0.2, -0.15) is 0 Å². The van der Waals surface area contributed by atoms with E-state index in [-0.39, 0.29) is 33.3 Å². The van der Waals surface area contributed by atoms with Crippen molar-refractivity contribution < 1.29 is 14.5 Å². The quantitative estimate of drug-likeness (QED) is 0.275. The van der Waals surface area contributed by atoms with Crippen LogP contribution in [0.2, 0.25) is 0 Å². The van der Waals surface area contributed by atoms with Crippen LogP contribution in [0, 0.1) is 26.9 Å². The molecule has 1 aromatic carbocycles. The van der Waals surface area contributed by atoms with Crippen LogP contribution in [-0.4, -0.2) is 18.0 Å². The summed E-state index contributed by atoms with van der Waals surface area (Å²) < 4.78 is 4.69. The first-order valence-electron chi connectivity index (χ1n) is 7.95. The van der Waals surface area contributed by atoms with Gasteiger partial charge in [0.05, 0.1) is 12.0 Å². The van der Waals surface area contributed by atoms with E-state index in [4.69, 9.17) is 4.74 Å². The topological polar surface area (TPSA) is 69.4 Å². The maximum absolute atomic E-state index is 11.4. The van der Waals surface area contributed by atoms with Crippen LogP contribution in [0.3, 0.4) is 0 Å². The average molecular weight is 327 g/mol. The zero-order valence-corrected chi connectivity index (χ0v) is 14.3. The number of carbonyl (C=O) groups excluding carboxylic acids is 1. The van der Waals surface area contributed by atoms with Crippen molar-refractivity contribution in [3.05, 3.63) is 63.7 Å². The SMILES string of the molecule is COC(=O)/C=C/[C@@]1(C)C2[C@@H](c3ccc([N+](=O)[O-])cc3)C(C)=C[C@@]21C. The van der Waals surface area contributed by atoms with Gasteiger partial charge in [-0.05, 0) is 29.2 Å². The molecule has 0 saturated heterocycles. The van der Waals surface area contributed by atoms with Gasteiger partial charge in [-0.1, -0.05) is 43.7 Å². The highest BCUT2D eigenvalue weighted by molar-refractivity contribution is 5.82. The molecule has 0 radical (unpaired) electrons. The first-order valence-corrected chi connectivity index (χ1v) is 7.95. The van der Waals surface area contributed by atoms with Crippen molar-refractivity contribution in [2.24, 2.45) is 16.7 Å². The molecule has 1 unspecified atom stereocenters. The van der Waals surface area contributed by atoms with Gasteiger partial charge < -0.3 is 4.74 Å². The van der Waals surface area contributed by atoms with Crippen LogP contribution >= 0.6 is 0 Å². The molecule has 0 aliphatic heterocycles. The summed E-state index contributed by atoms with van der Waals surface area (Å²) in [6, 6.07) is 6.80. The predicted octanol–water partition coefficient (Wildman–Crippen LogP) is 4.01. The number of esters is 1. The van der Waals surface area contributed by atoms with Gasteiger partial charge in [0.1, 0.15) is 0 Å². The molecule has 126 valence electrons. The van der Waals surface area contributed by atoms with E-state index >= 15 is 0 Å². The van der Waals surface area contributed by atoms with E-state index in [1.807, 2.05) is 18.2 Å². The van der Waals surface area contributed by atoms with Crippen LogP contribution < -0.4 is 0 Å². The summed E-state index contributed by atoms with van der Waals surface area (Å²) in [5.41, 5.74) is 2.34. The number of hydrogen-bond acceptors (Lipinski definition) is 4. The Bertz CT molecular complexity index is 764. The first-order chi connectivity index (χ1) is 11.2. The van der Waals surface area contributed by atoms with Gasteiger partial charge in [0.15, 0.2) is 0 Å². The molecule has 0 bridgehead atoms. The molecule has 5 nitrogen and oxygen atoms in total. The molecule has 0 amide bonds. The van der Waals surface area contributed by atoms with Gasteiger partial charge in [-0.3, -0.25) is 10.1 Å². The van der Waals surface area contributed by atoms with Crippen molar-refractivity contribution >= 4 is 11.7 Å². The number of rotatable bonds is 4. The molecule has 2 aliphatic rings. The van der Waals surface area contributed by atoms with Gasteiger partial charge in [-0.25, -0.2) is 4.79 Å². The Morgan fingerprint density at radius 3 is 2.46 bits per heavy atom. The highest BCUT2D eigenvalue weighted by atomic mass is 16.6. The lowest BCUT2D eigenvalue weighted by atomic mass is 9.84. The number of fused-ring (bicyclic) bond motifs is 1.